The first-order valence-corrected chi connectivity index (χ1v) is 5.05. The molecule has 0 radical (unpaired) electrons. The van der Waals surface area contributed by atoms with E-state index in [1.165, 1.54) is 0 Å². The number of aliphatic hydroxyl groups excluding tert-OH is 1. The Morgan fingerprint density at radius 1 is 0.947 bits per heavy atom. The lowest BCUT2D eigenvalue weighted by Crippen LogP contribution is -2.51. The molecular formula is C12H14O7. The van der Waals surface area contributed by atoms with Gasteiger partial charge in [-0.1, -0.05) is 19.7 Å². The van der Waals surface area contributed by atoms with E-state index in [1.54, 1.807) is 0 Å². The van der Waals surface area contributed by atoms with Gasteiger partial charge in [-0.25, -0.2) is 14.4 Å². The number of hydrogen-bond acceptors (Lipinski definition) is 7. The minimum absolute atomic E-state index is 0.737. The molecule has 0 aromatic carbocycles. The van der Waals surface area contributed by atoms with E-state index in [9.17, 15) is 19.5 Å². The summed E-state index contributed by atoms with van der Waals surface area (Å²) in [7, 11) is 0. The maximum atomic E-state index is 11.2. The maximum absolute atomic E-state index is 11.2. The fourth-order valence-electron chi connectivity index (χ4n) is 0.864. The summed E-state index contributed by atoms with van der Waals surface area (Å²) in [6, 6.07) is 0. The Labute approximate surface area is 109 Å². The molecular weight excluding hydrogens is 256 g/mol. The van der Waals surface area contributed by atoms with Gasteiger partial charge in [-0.05, 0) is 6.92 Å². The van der Waals surface area contributed by atoms with Crippen LogP contribution in [0, 0.1) is 0 Å². The smallest absolute Gasteiger partial charge is 0.383 e. The molecule has 1 N–H and O–H groups in total. The molecule has 0 spiro atoms. The summed E-state index contributed by atoms with van der Waals surface area (Å²) in [5.41, 5.74) is 0. The highest BCUT2D eigenvalue weighted by atomic mass is 16.9. The summed E-state index contributed by atoms with van der Waals surface area (Å²) in [6.45, 7) is 10.5. The summed E-state index contributed by atoms with van der Waals surface area (Å²) < 4.78 is 13.8. The molecule has 0 heterocycles. The molecule has 7 nitrogen and oxygen atoms in total. The molecule has 0 bridgehead atoms. The lowest BCUT2D eigenvalue weighted by Gasteiger charge is -2.32. The second-order valence-electron chi connectivity index (χ2n) is 3.16. The topological polar surface area (TPSA) is 99.1 Å². The second kappa shape index (κ2) is 7.12. The fraction of sp³-hybridized carbons (Fsp3) is 0.250. The van der Waals surface area contributed by atoms with Crippen LogP contribution in [-0.2, 0) is 28.6 Å². The van der Waals surface area contributed by atoms with Crippen LogP contribution in [0.4, 0.5) is 0 Å². The third kappa shape index (κ3) is 4.76. The monoisotopic (exact) mass is 270 g/mol. The van der Waals surface area contributed by atoms with Gasteiger partial charge in [0.1, 0.15) is 0 Å². The Balaban J connectivity index is 5.43. The SMILES string of the molecule is C=CC(=O)OC(OC(=O)C=C)(OC(=O)C=C)C(C)O. The normalized spacial score (nSPS) is 11.7. The summed E-state index contributed by atoms with van der Waals surface area (Å²) >= 11 is 0. The third-order valence-electron chi connectivity index (χ3n) is 1.74. The molecule has 0 fully saturated rings. The zero-order chi connectivity index (χ0) is 15.1. The van der Waals surface area contributed by atoms with Gasteiger partial charge in [0, 0.05) is 18.2 Å². The van der Waals surface area contributed by atoms with Crippen molar-refractivity contribution < 1.29 is 33.7 Å². The Morgan fingerprint density at radius 3 is 1.37 bits per heavy atom. The van der Waals surface area contributed by atoms with Gasteiger partial charge < -0.3 is 19.3 Å². The van der Waals surface area contributed by atoms with Gasteiger partial charge in [0.15, 0.2) is 6.10 Å². The molecule has 0 aromatic rings. The highest BCUT2D eigenvalue weighted by Crippen LogP contribution is 2.22. The van der Waals surface area contributed by atoms with Crippen LogP contribution < -0.4 is 0 Å². The van der Waals surface area contributed by atoms with Crippen LogP contribution in [0.15, 0.2) is 38.0 Å². The molecule has 0 aromatic heterocycles. The highest BCUT2D eigenvalue weighted by Gasteiger charge is 2.48. The molecule has 0 amide bonds. The predicted octanol–water partition coefficient (Wildman–Crippen LogP) is 0.209. The van der Waals surface area contributed by atoms with Gasteiger partial charge in [0.05, 0.1) is 0 Å². The molecule has 7 heteroatoms. The standard InChI is InChI=1S/C12H14O7/c1-5-9(14)17-12(8(4)13,18-10(15)6-2)19-11(16)7-3/h5-8,13H,1-3H2,4H3. The van der Waals surface area contributed by atoms with Gasteiger partial charge in [0.2, 0.25) is 0 Å². The fourth-order valence-corrected chi connectivity index (χ4v) is 0.864. The lowest BCUT2D eigenvalue weighted by atomic mass is 10.3. The van der Waals surface area contributed by atoms with Crippen LogP contribution in [0.3, 0.4) is 0 Å². The van der Waals surface area contributed by atoms with E-state index in [0.29, 0.717) is 0 Å². The lowest BCUT2D eigenvalue weighted by molar-refractivity contribution is -0.355. The van der Waals surface area contributed by atoms with E-state index in [1.807, 2.05) is 0 Å². The average molecular weight is 270 g/mol. The Bertz CT molecular complexity index is 353. The maximum Gasteiger partial charge on any atom is 0.451 e. The molecule has 0 saturated heterocycles. The van der Waals surface area contributed by atoms with E-state index in [4.69, 9.17) is 0 Å². The van der Waals surface area contributed by atoms with Crippen molar-refractivity contribution in [2.24, 2.45) is 0 Å². The Morgan fingerprint density at radius 2 is 1.21 bits per heavy atom. The van der Waals surface area contributed by atoms with Gasteiger partial charge in [0.25, 0.3) is 0 Å². The van der Waals surface area contributed by atoms with Crippen molar-refractivity contribution in [2.75, 3.05) is 0 Å². The first-order chi connectivity index (χ1) is 8.81. The van der Waals surface area contributed by atoms with E-state index >= 15 is 0 Å². The van der Waals surface area contributed by atoms with Crippen molar-refractivity contribution in [3.05, 3.63) is 38.0 Å². The highest BCUT2D eigenvalue weighted by molar-refractivity contribution is 5.85. The molecule has 0 rings (SSSR count). The molecule has 0 aliphatic heterocycles. The van der Waals surface area contributed by atoms with Crippen LogP contribution >= 0.6 is 0 Å². The number of esters is 3. The Kier molecular flexibility index (Phi) is 6.22. The Hall–Kier alpha value is -2.41. The molecule has 1 unspecified atom stereocenters. The van der Waals surface area contributed by atoms with Crippen molar-refractivity contribution >= 4 is 17.9 Å². The van der Waals surface area contributed by atoms with Crippen molar-refractivity contribution in [1.29, 1.82) is 0 Å². The van der Waals surface area contributed by atoms with E-state index in [0.717, 1.165) is 25.2 Å². The number of aliphatic hydroxyl groups is 1. The minimum atomic E-state index is -2.64. The first kappa shape index (κ1) is 16.6. The largest absolute Gasteiger partial charge is 0.451 e. The van der Waals surface area contributed by atoms with Crippen LogP contribution in [0.5, 0.6) is 0 Å². The van der Waals surface area contributed by atoms with Crippen molar-refractivity contribution in [2.45, 2.75) is 19.0 Å². The number of hydrogen-bond donors (Lipinski definition) is 1. The van der Waals surface area contributed by atoms with Crippen molar-refractivity contribution in [1.82, 2.24) is 0 Å². The average Bonchev–Trinajstić information content (AvgIpc) is 2.37. The number of ether oxygens (including phenoxy) is 3. The van der Waals surface area contributed by atoms with Gasteiger partial charge in [-0.2, -0.15) is 0 Å². The van der Waals surface area contributed by atoms with Crippen LogP contribution in [-0.4, -0.2) is 35.1 Å². The van der Waals surface area contributed by atoms with Gasteiger partial charge in [-0.3, -0.25) is 0 Å². The van der Waals surface area contributed by atoms with E-state index < -0.39 is 30.0 Å². The number of rotatable bonds is 7. The third-order valence-corrected chi connectivity index (χ3v) is 1.74. The first-order valence-electron chi connectivity index (χ1n) is 5.05. The van der Waals surface area contributed by atoms with E-state index in [2.05, 4.69) is 33.9 Å². The van der Waals surface area contributed by atoms with Crippen molar-refractivity contribution in [3.63, 3.8) is 0 Å². The molecule has 0 aliphatic rings. The summed E-state index contributed by atoms with van der Waals surface area (Å²) in [4.78, 5) is 33.6. The van der Waals surface area contributed by atoms with Crippen LogP contribution in [0.25, 0.3) is 0 Å². The number of carbonyl (C=O) groups excluding carboxylic acids is 3. The van der Waals surface area contributed by atoms with Gasteiger partial charge >= 0.3 is 23.9 Å². The molecule has 0 aliphatic carbocycles. The quantitative estimate of drug-likeness (QED) is 0.401. The zero-order valence-electron chi connectivity index (χ0n) is 10.3. The van der Waals surface area contributed by atoms with Gasteiger partial charge in [-0.15, -0.1) is 0 Å². The molecule has 104 valence electrons. The predicted molar refractivity (Wildman–Crippen MR) is 63.3 cm³/mol. The summed E-state index contributed by atoms with van der Waals surface area (Å²) in [5, 5.41) is 9.56. The zero-order valence-corrected chi connectivity index (χ0v) is 10.3. The summed E-state index contributed by atoms with van der Waals surface area (Å²) in [6.07, 6.45) is 0.547. The summed E-state index contributed by atoms with van der Waals surface area (Å²) in [5.74, 6) is -5.86. The van der Waals surface area contributed by atoms with Crippen LogP contribution in [0.2, 0.25) is 0 Å². The number of carbonyl (C=O) groups is 3. The molecule has 1 atom stereocenters. The second-order valence-corrected chi connectivity index (χ2v) is 3.16. The molecule has 0 saturated carbocycles. The van der Waals surface area contributed by atoms with E-state index in [-0.39, 0.29) is 0 Å². The minimum Gasteiger partial charge on any atom is -0.383 e. The van der Waals surface area contributed by atoms with Crippen molar-refractivity contribution in [3.8, 4) is 0 Å². The molecule has 19 heavy (non-hydrogen) atoms. The van der Waals surface area contributed by atoms with Crippen LogP contribution in [0.1, 0.15) is 6.92 Å².